The number of hydrogen-bond acceptors (Lipinski definition) is 6. The van der Waals surface area contributed by atoms with E-state index in [1.165, 1.54) is 0 Å². The summed E-state index contributed by atoms with van der Waals surface area (Å²) in [6.07, 6.45) is 5.13. The third-order valence-electron chi connectivity index (χ3n) is 4.99. The van der Waals surface area contributed by atoms with Gasteiger partial charge in [-0.05, 0) is 23.8 Å². The van der Waals surface area contributed by atoms with Crippen LogP contribution in [0.3, 0.4) is 0 Å². The minimum absolute atomic E-state index is 0.0921. The second-order valence-electron chi connectivity index (χ2n) is 6.63. The van der Waals surface area contributed by atoms with Crippen LogP contribution < -0.4 is 4.90 Å². The Bertz CT molecular complexity index is 1160. The van der Waals surface area contributed by atoms with Crippen LogP contribution in [0.4, 0.5) is 5.82 Å². The summed E-state index contributed by atoms with van der Waals surface area (Å²) in [5.74, 6) is 0.858. The molecule has 1 aliphatic heterocycles. The Morgan fingerprint density at radius 2 is 2.21 bits per heavy atom. The minimum Gasteiger partial charge on any atom is -0.368 e. The van der Waals surface area contributed by atoms with E-state index in [0.717, 1.165) is 40.2 Å². The summed E-state index contributed by atoms with van der Waals surface area (Å²) in [7, 11) is 0. The first kappa shape index (κ1) is 16.5. The maximum atomic E-state index is 9.24. The number of morpholine rings is 1. The number of hydrogen-bond donors (Lipinski definition) is 2. The van der Waals surface area contributed by atoms with E-state index in [9.17, 15) is 5.26 Å². The predicted molar refractivity (Wildman–Crippen MR) is 104 cm³/mol. The minimum atomic E-state index is -0.0921. The lowest BCUT2D eigenvalue weighted by atomic mass is 10.0. The predicted octanol–water partition coefficient (Wildman–Crippen LogP) is 2.80. The standard InChI is InChI=1S/C20H17N7O/c21-9-13-2-1-3-14(8-13)15-10-22-19-18(15)20(24-12-23-19)27-6-7-28-17(11-27)16-4-5-25-26-16/h1-5,8,10,12,17H,6-7,11H2,(H,25,26)(H,22,23,24). The van der Waals surface area contributed by atoms with Crippen LogP contribution in [-0.4, -0.2) is 44.8 Å². The summed E-state index contributed by atoms with van der Waals surface area (Å²) >= 11 is 0. The van der Waals surface area contributed by atoms with Gasteiger partial charge in [-0.2, -0.15) is 10.4 Å². The van der Waals surface area contributed by atoms with Gasteiger partial charge in [0.15, 0.2) is 0 Å². The van der Waals surface area contributed by atoms with E-state index in [4.69, 9.17) is 4.74 Å². The van der Waals surface area contributed by atoms with Gasteiger partial charge in [-0.3, -0.25) is 5.10 Å². The molecule has 1 unspecified atom stereocenters. The molecule has 4 heterocycles. The van der Waals surface area contributed by atoms with Crippen molar-refractivity contribution >= 4 is 16.9 Å². The average molecular weight is 371 g/mol. The summed E-state index contributed by atoms with van der Waals surface area (Å²) in [5.41, 5.74) is 4.28. The van der Waals surface area contributed by atoms with Gasteiger partial charge in [-0.25, -0.2) is 9.97 Å². The van der Waals surface area contributed by atoms with E-state index < -0.39 is 0 Å². The molecule has 1 aromatic carbocycles. The zero-order valence-electron chi connectivity index (χ0n) is 15.0. The molecule has 0 amide bonds. The molecular weight excluding hydrogens is 354 g/mol. The molecule has 1 aliphatic rings. The molecule has 1 saturated heterocycles. The molecule has 0 bridgehead atoms. The molecule has 0 saturated carbocycles. The normalized spacial score (nSPS) is 17.0. The second-order valence-corrected chi connectivity index (χ2v) is 6.63. The van der Waals surface area contributed by atoms with E-state index in [-0.39, 0.29) is 6.10 Å². The smallest absolute Gasteiger partial charge is 0.143 e. The third kappa shape index (κ3) is 2.78. The Morgan fingerprint density at radius 3 is 3.07 bits per heavy atom. The zero-order valence-corrected chi connectivity index (χ0v) is 15.0. The zero-order chi connectivity index (χ0) is 18.9. The molecule has 0 aliphatic carbocycles. The van der Waals surface area contributed by atoms with Gasteiger partial charge in [0, 0.05) is 24.5 Å². The highest BCUT2D eigenvalue weighted by Crippen LogP contribution is 2.35. The quantitative estimate of drug-likeness (QED) is 0.573. The number of H-pyrrole nitrogens is 2. The van der Waals surface area contributed by atoms with E-state index in [2.05, 4.69) is 36.1 Å². The van der Waals surface area contributed by atoms with Crippen LogP contribution in [0.5, 0.6) is 0 Å². The summed E-state index contributed by atoms with van der Waals surface area (Å²) < 4.78 is 5.91. The van der Waals surface area contributed by atoms with E-state index in [1.54, 1.807) is 18.6 Å². The lowest BCUT2D eigenvalue weighted by Gasteiger charge is -2.33. The molecule has 8 nitrogen and oxygen atoms in total. The monoisotopic (exact) mass is 371 g/mol. The Labute approximate surface area is 160 Å². The highest BCUT2D eigenvalue weighted by atomic mass is 16.5. The van der Waals surface area contributed by atoms with E-state index in [1.807, 2.05) is 30.5 Å². The number of nitriles is 1. The van der Waals surface area contributed by atoms with Crippen LogP contribution in [0.15, 0.2) is 49.1 Å². The van der Waals surface area contributed by atoms with Crippen molar-refractivity contribution in [2.45, 2.75) is 6.10 Å². The number of aromatic nitrogens is 5. The molecule has 3 aromatic heterocycles. The van der Waals surface area contributed by atoms with Gasteiger partial charge in [-0.1, -0.05) is 12.1 Å². The Hall–Kier alpha value is -3.70. The molecule has 5 rings (SSSR count). The van der Waals surface area contributed by atoms with Crippen molar-refractivity contribution in [3.05, 3.63) is 60.3 Å². The lowest BCUT2D eigenvalue weighted by Crippen LogP contribution is -2.39. The van der Waals surface area contributed by atoms with Gasteiger partial charge in [0.1, 0.15) is 23.9 Å². The molecule has 1 atom stereocenters. The number of nitrogens with zero attached hydrogens (tertiary/aromatic N) is 5. The number of fused-ring (bicyclic) bond motifs is 1. The van der Waals surface area contributed by atoms with Crippen molar-refractivity contribution in [2.75, 3.05) is 24.6 Å². The Morgan fingerprint density at radius 1 is 1.25 bits per heavy atom. The van der Waals surface area contributed by atoms with Crippen molar-refractivity contribution in [1.82, 2.24) is 25.1 Å². The number of ether oxygens (including phenoxy) is 1. The van der Waals surface area contributed by atoms with Crippen molar-refractivity contribution in [3.8, 4) is 17.2 Å². The summed E-state index contributed by atoms with van der Waals surface area (Å²) in [4.78, 5) is 14.4. The molecule has 0 spiro atoms. The Kier molecular flexibility index (Phi) is 4.00. The number of rotatable bonds is 3. The Balaban J connectivity index is 1.58. The second kappa shape index (κ2) is 6.79. The highest BCUT2D eigenvalue weighted by molar-refractivity contribution is 6.01. The summed E-state index contributed by atoms with van der Waals surface area (Å²) in [6.45, 7) is 2.00. The third-order valence-corrected chi connectivity index (χ3v) is 4.99. The topological polar surface area (TPSA) is 107 Å². The van der Waals surface area contributed by atoms with E-state index in [0.29, 0.717) is 18.7 Å². The largest absolute Gasteiger partial charge is 0.368 e. The maximum Gasteiger partial charge on any atom is 0.143 e. The lowest BCUT2D eigenvalue weighted by molar-refractivity contribution is 0.0368. The fraction of sp³-hybridized carbons (Fsp3) is 0.200. The molecule has 2 N–H and O–H groups in total. The first-order chi connectivity index (χ1) is 13.8. The molecular formula is C20H17N7O. The van der Waals surface area contributed by atoms with Crippen molar-refractivity contribution < 1.29 is 4.74 Å². The van der Waals surface area contributed by atoms with Crippen molar-refractivity contribution in [1.29, 1.82) is 5.26 Å². The fourth-order valence-electron chi connectivity index (χ4n) is 3.65. The van der Waals surface area contributed by atoms with Gasteiger partial charge < -0.3 is 14.6 Å². The SMILES string of the molecule is N#Cc1cccc(-c2c[nH]c3ncnc(N4CCOC(c5ccn[nH]5)C4)c23)c1. The molecule has 8 heteroatoms. The van der Waals surface area contributed by atoms with Crippen LogP contribution >= 0.6 is 0 Å². The van der Waals surface area contributed by atoms with Crippen molar-refractivity contribution in [3.63, 3.8) is 0 Å². The molecule has 138 valence electrons. The molecule has 0 radical (unpaired) electrons. The van der Waals surface area contributed by atoms with Crippen LogP contribution in [-0.2, 0) is 4.74 Å². The maximum absolute atomic E-state index is 9.24. The van der Waals surface area contributed by atoms with Gasteiger partial charge in [0.2, 0.25) is 0 Å². The van der Waals surface area contributed by atoms with Gasteiger partial charge in [0.05, 0.1) is 35.9 Å². The van der Waals surface area contributed by atoms with Gasteiger partial charge in [0.25, 0.3) is 0 Å². The van der Waals surface area contributed by atoms with E-state index >= 15 is 0 Å². The highest BCUT2D eigenvalue weighted by Gasteiger charge is 2.26. The number of nitrogens with one attached hydrogen (secondary N) is 2. The molecule has 4 aromatic rings. The number of benzene rings is 1. The van der Waals surface area contributed by atoms with Crippen LogP contribution in [0.1, 0.15) is 17.4 Å². The van der Waals surface area contributed by atoms with Crippen LogP contribution in [0.25, 0.3) is 22.2 Å². The van der Waals surface area contributed by atoms with Crippen molar-refractivity contribution in [2.24, 2.45) is 0 Å². The van der Waals surface area contributed by atoms with Crippen LogP contribution in [0.2, 0.25) is 0 Å². The van der Waals surface area contributed by atoms with Crippen LogP contribution in [0, 0.1) is 11.3 Å². The number of anilines is 1. The summed E-state index contributed by atoms with van der Waals surface area (Å²) in [6, 6.07) is 11.7. The average Bonchev–Trinajstić information content (AvgIpc) is 3.44. The molecule has 1 fully saturated rings. The fourth-order valence-corrected chi connectivity index (χ4v) is 3.65. The summed E-state index contributed by atoms with van der Waals surface area (Å²) in [5, 5.41) is 17.2. The molecule has 28 heavy (non-hydrogen) atoms. The number of aromatic amines is 2. The van der Waals surface area contributed by atoms with Gasteiger partial charge in [-0.15, -0.1) is 0 Å². The first-order valence-electron chi connectivity index (χ1n) is 9.02. The first-order valence-corrected chi connectivity index (χ1v) is 9.02. The van der Waals surface area contributed by atoms with Gasteiger partial charge >= 0.3 is 0 Å².